The van der Waals surface area contributed by atoms with Gasteiger partial charge in [-0.1, -0.05) is 37.3 Å². The minimum Gasteiger partial charge on any atom is -0.290 e. The summed E-state index contributed by atoms with van der Waals surface area (Å²) in [4.78, 5) is 23.1. The molecule has 2 unspecified atom stereocenters. The molecular weight excluding hydrogens is 354 g/mol. The molecule has 0 saturated carbocycles. The van der Waals surface area contributed by atoms with Crippen molar-refractivity contribution in [1.29, 1.82) is 5.26 Å². The predicted octanol–water partition coefficient (Wildman–Crippen LogP) is 4.82. The molecule has 0 spiro atoms. The normalized spacial score (nSPS) is 17.0. The zero-order valence-corrected chi connectivity index (χ0v) is 15.9. The number of pyridine rings is 1. The topological polar surface area (TPSA) is 66.6 Å². The van der Waals surface area contributed by atoms with Crippen LogP contribution in [0.15, 0.2) is 48.7 Å². The highest BCUT2D eigenvalue weighted by molar-refractivity contribution is 7.12. The fraction of sp³-hybridized carbons (Fsp3) is 0.273. The summed E-state index contributed by atoms with van der Waals surface area (Å²) in [5.41, 5.74) is 3.30. The number of aromatic nitrogens is 2. The van der Waals surface area contributed by atoms with Gasteiger partial charge in [-0.15, -0.1) is 11.3 Å². The number of thiazole rings is 1. The molecule has 134 valence electrons. The summed E-state index contributed by atoms with van der Waals surface area (Å²) in [6, 6.07) is 15.6. The van der Waals surface area contributed by atoms with E-state index in [0.29, 0.717) is 16.6 Å². The minimum atomic E-state index is -0.894. The number of aryl methyl sites for hydroxylation is 1. The third-order valence-corrected chi connectivity index (χ3v) is 6.15. The summed E-state index contributed by atoms with van der Waals surface area (Å²) in [5.74, 6) is -0.546. The molecule has 0 fully saturated rings. The lowest BCUT2D eigenvalue weighted by atomic mass is 9.93. The van der Waals surface area contributed by atoms with Crippen LogP contribution in [0.4, 0.5) is 0 Å². The lowest BCUT2D eigenvalue weighted by Crippen LogP contribution is -2.13. The minimum absolute atomic E-state index is 0.283. The number of Topliss-reactive ketones (excluding diaryl/α,β-unsaturated/α-hetero) is 1. The van der Waals surface area contributed by atoms with Crippen LogP contribution in [0.25, 0.3) is 11.1 Å². The first-order valence-electron chi connectivity index (χ1n) is 9.09. The Morgan fingerprint density at radius 3 is 2.85 bits per heavy atom. The number of fused-ring (bicyclic) bond motifs is 1. The largest absolute Gasteiger partial charge is 0.290 e. The van der Waals surface area contributed by atoms with E-state index < -0.39 is 5.92 Å². The molecule has 27 heavy (non-hydrogen) atoms. The van der Waals surface area contributed by atoms with Gasteiger partial charge in [-0.3, -0.25) is 9.78 Å². The predicted molar refractivity (Wildman–Crippen MR) is 106 cm³/mol. The molecule has 2 heterocycles. The van der Waals surface area contributed by atoms with Gasteiger partial charge in [0.25, 0.3) is 0 Å². The van der Waals surface area contributed by atoms with E-state index in [1.165, 1.54) is 16.2 Å². The molecule has 1 aromatic carbocycles. The first-order valence-corrected chi connectivity index (χ1v) is 9.91. The van der Waals surface area contributed by atoms with E-state index in [0.717, 1.165) is 36.1 Å². The Balaban J connectivity index is 1.65. The smallest absolute Gasteiger partial charge is 0.205 e. The molecule has 4 rings (SSSR count). The Bertz CT molecular complexity index is 1020. The Morgan fingerprint density at radius 2 is 2.07 bits per heavy atom. The van der Waals surface area contributed by atoms with Crippen molar-refractivity contribution in [2.75, 3.05) is 0 Å². The van der Waals surface area contributed by atoms with E-state index in [-0.39, 0.29) is 5.78 Å². The molecule has 0 radical (unpaired) electrons. The number of rotatable bonds is 4. The number of hydrogen-bond donors (Lipinski definition) is 0. The van der Waals surface area contributed by atoms with Crippen LogP contribution >= 0.6 is 11.3 Å². The molecule has 2 atom stereocenters. The van der Waals surface area contributed by atoms with Crippen LogP contribution in [0, 0.1) is 17.2 Å². The molecule has 0 N–H and O–H groups in total. The molecule has 0 amide bonds. The summed E-state index contributed by atoms with van der Waals surface area (Å²) >= 11 is 1.51. The first-order chi connectivity index (χ1) is 13.2. The van der Waals surface area contributed by atoms with Gasteiger partial charge in [-0.2, -0.15) is 5.26 Å². The summed E-state index contributed by atoms with van der Waals surface area (Å²) in [6.07, 6.45) is 4.66. The Kier molecular flexibility index (Phi) is 4.83. The highest BCUT2D eigenvalue weighted by Gasteiger charge is 2.29. The van der Waals surface area contributed by atoms with Crippen molar-refractivity contribution in [3.8, 4) is 17.2 Å². The average molecular weight is 373 g/mol. The van der Waals surface area contributed by atoms with Crippen molar-refractivity contribution < 1.29 is 4.79 Å². The van der Waals surface area contributed by atoms with E-state index in [1.54, 1.807) is 12.3 Å². The van der Waals surface area contributed by atoms with Gasteiger partial charge in [0.15, 0.2) is 5.92 Å². The highest BCUT2D eigenvalue weighted by atomic mass is 32.1. The van der Waals surface area contributed by atoms with Crippen LogP contribution in [0.2, 0.25) is 0 Å². The van der Waals surface area contributed by atoms with Crippen LogP contribution in [-0.4, -0.2) is 15.8 Å². The van der Waals surface area contributed by atoms with E-state index in [9.17, 15) is 10.1 Å². The SMILES string of the molecule is CC1CCc2nc(C(C#N)C(=O)c3cc(-c4ccccc4)ccn3)sc2C1. The zero-order chi connectivity index (χ0) is 18.8. The average Bonchev–Trinajstić information content (AvgIpc) is 3.12. The molecule has 2 aromatic heterocycles. The summed E-state index contributed by atoms with van der Waals surface area (Å²) < 4.78 is 0. The Labute approximate surface area is 162 Å². The molecule has 0 aliphatic heterocycles. The molecule has 1 aliphatic carbocycles. The second-order valence-corrected chi connectivity index (χ2v) is 8.11. The summed E-state index contributed by atoms with van der Waals surface area (Å²) in [5, 5.41) is 10.3. The molecule has 3 aromatic rings. The number of benzene rings is 1. The fourth-order valence-electron chi connectivity index (χ4n) is 3.43. The van der Waals surface area contributed by atoms with Crippen LogP contribution in [0.1, 0.15) is 45.3 Å². The second kappa shape index (κ2) is 7.42. The maximum atomic E-state index is 13.0. The van der Waals surface area contributed by atoms with E-state index in [2.05, 4.69) is 23.0 Å². The monoisotopic (exact) mass is 373 g/mol. The summed E-state index contributed by atoms with van der Waals surface area (Å²) in [6.45, 7) is 2.23. The lowest BCUT2D eigenvalue weighted by molar-refractivity contribution is 0.0974. The maximum Gasteiger partial charge on any atom is 0.205 e. The number of ketones is 1. The van der Waals surface area contributed by atoms with Gasteiger partial charge >= 0.3 is 0 Å². The number of carbonyl (C=O) groups excluding carboxylic acids is 1. The van der Waals surface area contributed by atoms with Gasteiger partial charge < -0.3 is 0 Å². The van der Waals surface area contributed by atoms with E-state index >= 15 is 0 Å². The van der Waals surface area contributed by atoms with Crippen LogP contribution in [0.5, 0.6) is 0 Å². The second-order valence-electron chi connectivity index (χ2n) is 6.99. The maximum absolute atomic E-state index is 13.0. The van der Waals surface area contributed by atoms with Crippen molar-refractivity contribution in [2.24, 2.45) is 5.92 Å². The van der Waals surface area contributed by atoms with Gasteiger partial charge in [0.1, 0.15) is 10.7 Å². The number of nitriles is 1. The first kappa shape index (κ1) is 17.6. The van der Waals surface area contributed by atoms with Gasteiger partial charge in [-0.25, -0.2) is 4.98 Å². The fourth-order valence-corrected chi connectivity index (χ4v) is 4.75. The van der Waals surface area contributed by atoms with Crippen molar-refractivity contribution in [3.63, 3.8) is 0 Å². The third kappa shape index (κ3) is 3.54. The van der Waals surface area contributed by atoms with Crippen molar-refractivity contribution >= 4 is 17.1 Å². The van der Waals surface area contributed by atoms with Crippen LogP contribution in [0.3, 0.4) is 0 Å². The van der Waals surface area contributed by atoms with Gasteiger partial charge in [0.05, 0.1) is 11.8 Å². The summed E-state index contributed by atoms with van der Waals surface area (Å²) in [7, 11) is 0. The van der Waals surface area contributed by atoms with E-state index in [4.69, 9.17) is 0 Å². The van der Waals surface area contributed by atoms with Gasteiger partial charge in [-0.05, 0) is 48.4 Å². The lowest BCUT2D eigenvalue weighted by Gasteiger charge is -2.15. The molecule has 0 bridgehead atoms. The molecular formula is C22H19N3OS. The van der Waals surface area contributed by atoms with Gasteiger partial charge in [0.2, 0.25) is 5.78 Å². The van der Waals surface area contributed by atoms with Crippen molar-refractivity contribution in [3.05, 3.63) is 69.9 Å². The van der Waals surface area contributed by atoms with Gasteiger partial charge in [0, 0.05) is 11.1 Å². The highest BCUT2D eigenvalue weighted by Crippen LogP contribution is 2.34. The third-order valence-electron chi connectivity index (χ3n) is 4.96. The quantitative estimate of drug-likeness (QED) is 0.615. The Hall–Kier alpha value is -2.84. The number of nitrogens with zero attached hydrogens (tertiary/aromatic N) is 3. The van der Waals surface area contributed by atoms with Crippen LogP contribution < -0.4 is 0 Å². The molecule has 1 aliphatic rings. The zero-order valence-electron chi connectivity index (χ0n) is 15.1. The Morgan fingerprint density at radius 1 is 1.26 bits per heavy atom. The van der Waals surface area contributed by atoms with Crippen molar-refractivity contribution in [1.82, 2.24) is 9.97 Å². The number of hydrogen-bond acceptors (Lipinski definition) is 5. The molecule has 0 saturated heterocycles. The molecule has 5 heteroatoms. The number of carbonyl (C=O) groups is 1. The molecule has 4 nitrogen and oxygen atoms in total. The standard InChI is InChI=1S/C22H19N3OS/c1-14-7-8-18-20(11-14)27-22(25-18)17(13-23)21(26)19-12-16(9-10-24-19)15-5-3-2-4-6-15/h2-6,9-10,12,14,17H,7-8,11H2,1H3. The van der Waals surface area contributed by atoms with Crippen molar-refractivity contribution in [2.45, 2.75) is 32.1 Å². The van der Waals surface area contributed by atoms with E-state index in [1.807, 2.05) is 36.4 Å². The van der Waals surface area contributed by atoms with Crippen LogP contribution in [-0.2, 0) is 12.8 Å².